The van der Waals surface area contributed by atoms with E-state index in [-0.39, 0.29) is 35.5 Å². The molecule has 12 bridgehead atoms. The fourth-order valence-electron chi connectivity index (χ4n) is 10.9. The molecule has 6 atom stereocenters. The predicted octanol–water partition coefficient (Wildman–Crippen LogP) is 14.5. The van der Waals surface area contributed by atoms with Crippen molar-refractivity contribution in [2.75, 3.05) is 0 Å². The Labute approximate surface area is 391 Å². The summed E-state index contributed by atoms with van der Waals surface area (Å²) in [7, 11) is 0. The van der Waals surface area contributed by atoms with Gasteiger partial charge in [-0.25, -0.2) is 0 Å². The summed E-state index contributed by atoms with van der Waals surface area (Å²) in [6.45, 7) is 12.8. The van der Waals surface area contributed by atoms with Crippen LogP contribution in [0.25, 0.3) is 0 Å². The molecule has 1 aliphatic carbocycles. The second kappa shape index (κ2) is 20.4. The van der Waals surface area contributed by atoms with Crippen LogP contribution >= 0.6 is 0 Å². The lowest BCUT2D eigenvalue weighted by Gasteiger charge is -2.27. The maximum atomic E-state index is 10.6. The van der Waals surface area contributed by atoms with Gasteiger partial charge in [-0.15, -0.1) is 0 Å². The molecule has 6 nitrogen and oxygen atoms in total. The molecule has 6 unspecified atom stereocenters. The summed E-state index contributed by atoms with van der Waals surface area (Å²) in [5, 5.41) is 63.5. The Morgan fingerprint density at radius 1 is 0.258 bits per heavy atom. The molecule has 0 aliphatic heterocycles. The van der Waals surface area contributed by atoms with Crippen molar-refractivity contribution in [2.24, 2.45) is 0 Å². The number of hydrogen-bond acceptors (Lipinski definition) is 6. The highest BCUT2D eigenvalue weighted by atomic mass is 14.4. The van der Waals surface area contributed by atoms with Crippen LogP contribution in [-0.2, 0) is 0 Å². The van der Waals surface area contributed by atoms with Crippen molar-refractivity contribution >= 4 is 0 Å². The van der Waals surface area contributed by atoms with Crippen LogP contribution < -0.4 is 0 Å². The third-order valence-corrected chi connectivity index (χ3v) is 14.3. The predicted molar refractivity (Wildman–Crippen MR) is 260 cm³/mol. The van der Waals surface area contributed by atoms with Gasteiger partial charge in [0, 0.05) is 35.5 Å². The van der Waals surface area contributed by atoms with Gasteiger partial charge < -0.3 is 0 Å². The van der Waals surface area contributed by atoms with Crippen molar-refractivity contribution < 1.29 is 0 Å². The van der Waals surface area contributed by atoms with Gasteiger partial charge in [0.15, 0.2) is 0 Å². The highest BCUT2D eigenvalue weighted by molar-refractivity contribution is 5.58. The Morgan fingerprint density at radius 3 is 0.500 bits per heavy atom. The molecule has 0 amide bonds. The molecule has 0 N–H and O–H groups in total. The van der Waals surface area contributed by atoms with Gasteiger partial charge in [0.1, 0.15) is 0 Å². The van der Waals surface area contributed by atoms with E-state index in [1.54, 1.807) is 0 Å². The second-order valence-corrected chi connectivity index (χ2v) is 17.5. The van der Waals surface area contributed by atoms with E-state index < -0.39 is 0 Å². The average Bonchev–Trinajstić information content (AvgIpc) is 3.35. The average molecular weight is 859 g/mol. The summed E-state index contributed by atoms with van der Waals surface area (Å²) in [6, 6.07) is 51.4. The van der Waals surface area contributed by atoms with Gasteiger partial charge in [-0.1, -0.05) is 114 Å². The van der Waals surface area contributed by atoms with Gasteiger partial charge in [-0.2, -0.15) is 31.6 Å². The van der Waals surface area contributed by atoms with E-state index in [1.807, 2.05) is 72.8 Å². The molecule has 6 aromatic rings. The van der Waals surface area contributed by atoms with Gasteiger partial charge in [0.05, 0.1) is 69.8 Å². The van der Waals surface area contributed by atoms with E-state index in [1.165, 1.54) is 0 Å². The van der Waals surface area contributed by atoms with Gasteiger partial charge >= 0.3 is 0 Å². The molecule has 1 aliphatic rings. The van der Waals surface area contributed by atoms with Crippen LogP contribution in [0.2, 0.25) is 0 Å². The van der Waals surface area contributed by atoms with Gasteiger partial charge in [0.25, 0.3) is 0 Å². The zero-order valence-corrected chi connectivity index (χ0v) is 38.8. The zero-order chi connectivity index (χ0) is 47.1. The summed E-state index contributed by atoms with van der Waals surface area (Å²) in [5.74, 6) is -0.955. The lowest BCUT2D eigenvalue weighted by atomic mass is 9.76. The minimum Gasteiger partial charge on any atom is -0.192 e. The number of rotatable bonds is 6. The molecule has 0 fully saturated rings. The SMILES string of the molecule is CCC1c2ccc(C#N)c(c2)C(CC)c2ccc(C#N)c(c2)C(CC)c2ccc(C#N)c(c2)C(CC)c2ccc(C#N)c(c2)C(CC)c2ccc(C#N)c(c2)C(CC)c2ccc(C#N)c1c2. The topological polar surface area (TPSA) is 143 Å². The summed E-state index contributed by atoms with van der Waals surface area (Å²) < 4.78 is 0. The first-order valence-corrected chi connectivity index (χ1v) is 23.4. The summed E-state index contributed by atoms with van der Waals surface area (Å²) >= 11 is 0. The Hall–Kier alpha value is -7.74. The van der Waals surface area contributed by atoms with E-state index in [0.29, 0.717) is 71.9 Å². The van der Waals surface area contributed by atoms with Crippen molar-refractivity contribution in [1.82, 2.24) is 0 Å². The molecule has 0 spiro atoms. The van der Waals surface area contributed by atoms with Gasteiger partial charge in [0.2, 0.25) is 0 Å². The minimum absolute atomic E-state index is 0.159. The molecule has 324 valence electrons. The minimum atomic E-state index is -0.159. The normalized spacial score (nSPS) is 18.7. The molecule has 0 saturated carbocycles. The molecular weight excluding hydrogens is 805 g/mol. The molecule has 66 heavy (non-hydrogen) atoms. The number of hydrogen-bond donors (Lipinski definition) is 0. The highest BCUT2D eigenvalue weighted by Gasteiger charge is 2.28. The largest absolute Gasteiger partial charge is 0.192 e. The van der Waals surface area contributed by atoms with Crippen molar-refractivity contribution in [3.8, 4) is 36.4 Å². The zero-order valence-electron chi connectivity index (χ0n) is 38.8. The van der Waals surface area contributed by atoms with E-state index in [2.05, 4.69) is 114 Å². The van der Waals surface area contributed by atoms with Crippen LogP contribution in [-0.4, -0.2) is 0 Å². The van der Waals surface area contributed by atoms with E-state index in [0.717, 1.165) is 66.8 Å². The van der Waals surface area contributed by atoms with E-state index >= 15 is 0 Å². The summed E-state index contributed by atoms with van der Waals surface area (Å²) in [5.41, 5.74) is 15.0. The van der Waals surface area contributed by atoms with Crippen LogP contribution in [0.5, 0.6) is 0 Å². The third-order valence-electron chi connectivity index (χ3n) is 14.3. The maximum absolute atomic E-state index is 10.6. The van der Waals surface area contributed by atoms with Crippen molar-refractivity contribution in [3.63, 3.8) is 0 Å². The highest BCUT2D eigenvalue weighted by Crippen LogP contribution is 2.43. The van der Waals surface area contributed by atoms with Crippen LogP contribution in [0.3, 0.4) is 0 Å². The van der Waals surface area contributed by atoms with Crippen molar-refractivity contribution in [2.45, 2.75) is 116 Å². The second-order valence-electron chi connectivity index (χ2n) is 17.5. The van der Waals surface area contributed by atoms with Gasteiger partial charge in [-0.3, -0.25) is 0 Å². The Bertz CT molecular complexity index is 2540. The van der Waals surface area contributed by atoms with Crippen LogP contribution in [0, 0.1) is 68.0 Å². The number of fused-ring (bicyclic) bond motifs is 12. The van der Waals surface area contributed by atoms with Crippen molar-refractivity contribution in [3.05, 3.63) is 209 Å². The number of nitrogens with zero attached hydrogens (tertiary/aromatic N) is 6. The van der Waals surface area contributed by atoms with Crippen LogP contribution in [0.15, 0.2) is 109 Å². The molecule has 6 heteroatoms. The lowest BCUT2D eigenvalue weighted by molar-refractivity contribution is 0.729. The molecular formula is C60H54N6. The first-order chi connectivity index (χ1) is 32.2. The number of nitriles is 6. The Balaban J connectivity index is 1.57. The first-order valence-electron chi connectivity index (χ1n) is 23.4. The molecule has 7 rings (SSSR count). The molecule has 0 aromatic heterocycles. The quantitative estimate of drug-likeness (QED) is 0.163. The lowest BCUT2D eigenvalue weighted by Crippen LogP contribution is -2.12. The Morgan fingerprint density at radius 2 is 0.394 bits per heavy atom. The molecule has 0 saturated heterocycles. The molecule has 0 radical (unpaired) electrons. The fourth-order valence-corrected chi connectivity index (χ4v) is 10.9. The van der Waals surface area contributed by atoms with Gasteiger partial charge in [-0.05, 0) is 142 Å². The third kappa shape index (κ3) is 8.49. The summed E-state index contributed by atoms with van der Waals surface area (Å²) in [6.07, 6.45) is 4.24. The maximum Gasteiger partial charge on any atom is 0.0994 e. The van der Waals surface area contributed by atoms with Crippen LogP contribution in [0.1, 0.15) is 216 Å². The molecule has 6 aromatic carbocycles. The standard InChI is InChI=1S/C60H54N6/c1-7-49-37-13-19-44(32-62)56(25-37)51(9-3)39-15-21-46(34-64)58(27-39)53(11-5)41-17-23-48(36-66)60(29-41)54(12-6)42-18-24-47(35-65)59(30-42)52(10-4)40-16-22-45(33-63)57(28-40)50(8-2)38-14-20-43(31-61)55(49)26-38/h13-30,49-54H,7-12H2,1-6H3. The summed E-state index contributed by atoms with van der Waals surface area (Å²) in [4.78, 5) is 0. The molecule has 0 heterocycles. The van der Waals surface area contributed by atoms with E-state index in [9.17, 15) is 31.6 Å². The smallest absolute Gasteiger partial charge is 0.0994 e. The monoisotopic (exact) mass is 858 g/mol. The number of benzene rings is 6. The Kier molecular flexibility index (Phi) is 14.3. The first kappa shape index (κ1) is 46.3. The van der Waals surface area contributed by atoms with Crippen LogP contribution in [0.4, 0.5) is 0 Å². The van der Waals surface area contributed by atoms with E-state index in [4.69, 9.17) is 0 Å². The fraction of sp³-hybridized carbons (Fsp3) is 0.300. The van der Waals surface area contributed by atoms with Crippen molar-refractivity contribution in [1.29, 1.82) is 31.6 Å².